The lowest BCUT2D eigenvalue weighted by molar-refractivity contribution is 0.00632. The van der Waals surface area contributed by atoms with Gasteiger partial charge in [0, 0.05) is 39.4 Å². The van der Waals surface area contributed by atoms with Gasteiger partial charge in [0.2, 0.25) is 0 Å². The molecule has 0 aromatic heterocycles. The molecule has 0 bridgehead atoms. The molecule has 0 aromatic carbocycles. The summed E-state index contributed by atoms with van der Waals surface area (Å²) in [4.78, 5) is 2.53. The maximum Gasteiger partial charge on any atom is 0.0599 e. The van der Waals surface area contributed by atoms with Crippen LogP contribution in [0.5, 0.6) is 0 Å². The van der Waals surface area contributed by atoms with Crippen LogP contribution in [0.3, 0.4) is 0 Å². The molecule has 4 nitrogen and oxygen atoms in total. The highest BCUT2D eigenvalue weighted by Crippen LogP contribution is 2.21. The highest BCUT2D eigenvalue weighted by molar-refractivity contribution is 4.83. The zero-order valence-electron chi connectivity index (χ0n) is 10.9. The van der Waals surface area contributed by atoms with E-state index >= 15 is 0 Å². The Hall–Kier alpha value is -0.160. The van der Waals surface area contributed by atoms with Crippen molar-refractivity contribution >= 4 is 0 Å². The number of nitrogens with two attached hydrogens (primary N) is 1. The molecule has 100 valence electrons. The van der Waals surface area contributed by atoms with Gasteiger partial charge >= 0.3 is 0 Å². The van der Waals surface area contributed by atoms with Crippen LogP contribution >= 0.6 is 0 Å². The van der Waals surface area contributed by atoms with Crippen molar-refractivity contribution in [3.05, 3.63) is 0 Å². The average molecular weight is 242 g/mol. The Labute approximate surface area is 104 Å². The molecule has 2 heterocycles. The zero-order valence-corrected chi connectivity index (χ0v) is 10.9. The Kier molecular flexibility index (Phi) is 5.22. The number of ether oxygens (including phenoxy) is 2. The number of likely N-dealkylation sites (tertiary alicyclic amines) is 1. The van der Waals surface area contributed by atoms with Crippen molar-refractivity contribution in [2.45, 2.75) is 50.4 Å². The molecule has 0 amide bonds. The van der Waals surface area contributed by atoms with Gasteiger partial charge < -0.3 is 15.2 Å². The van der Waals surface area contributed by atoms with Crippen molar-refractivity contribution in [2.24, 2.45) is 5.73 Å². The number of piperidine rings is 1. The largest absolute Gasteiger partial charge is 0.381 e. The van der Waals surface area contributed by atoms with Gasteiger partial charge in [-0.1, -0.05) is 0 Å². The van der Waals surface area contributed by atoms with Gasteiger partial charge in [-0.25, -0.2) is 0 Å². The van der Waals surface area contributed by atoms with Crippen LogP contribution in [0.1, 0.15) is 32.1 Å². The third-order valence-electron chi connectivity index (χ3n) is 4.16. The van der Waals surface area contributed by atoms with E-state index in [0.717, 1.165) is 45.5 Å². The molecule has 2 rings (SSSR count). The lowest BCUT2D eigenvalue weighted by Crippen LogP contribution is -2.49. The van der Waals surface area contributed by atoms with Crippen LogP contribution in [0, 0.1) is 0 Å². The molecule has 17 heavy (non-hydrogen) atoms. The van der Waals surface area contributed by atoms with Crippen LogP contribution in [0.25, 0.3) is 0 Å². The maximum atomic E-state index is 5.87. The second-order valence-corrected chi connectivity index (χ2v) is 5.23. The van der Waals surface area contributed by atoms with Gasteiger partial charge in [0.05, 0.1) is 12.2 Å². The molecular formula is C13H26N2O2. The minimum Gasteiger partial charge on any atom is -0.381 e. The van der Waals surface area contributed by atoms with Crippen molar-refractivity contribution in [1.82, 2.24) is 4.90 Å². The van der Waals surface area contributed by atoms with E-state index in [0.29, 0.717) is 18.2 Å². The van der Waals surface area contributed by atoms with Crippen LogP contribution in [0.4, 0.5) is 0 Å². The third-order valence-corrected chi connectivity index (χ3v) is 4.16. The molecule has 0 spiro atoms. The van der Waals surface area contributed by atoms with Crippen molar-refractivity contribution in [1.29, 1.82) is 0 Å². The van der Waals surface area contributed by atoms with Gasteiger partial charge in [0.25, 0.3) is 0 Å². The summed E-state index contributed by atoms with van der Waals surface area (Å²) in [7, 11) is 1.81. The predicted octanol–water partition coefficient (Wildman–Crippen LogP) is 0.994. The Balaban J connectivity index is 1.74. The van der Waals surface area contributed by atoms with E-state index in [1.54, 1.807) is 7.11 Å². The topological polar surface area (TPSA) is 47.7 Å². The first-order valence-electron chi connectivity index (χ1n) is 6.92. The first-order chi connectivity index (χ1) is 8.33. The molecule has 0 aliphatic carbocycles. The second-order valence-electron chi connectivity index (χ2n) is 5.23. The molecule has 0 aromatic rings. The van der Waals surface area contributed by atoms with Gasteiger partial charge in [0.1, 0.15) is 0 Å². The fourth-order valence-corrected chi connectivity index (χ4v) is 3.00. The van der Waals surface area contributed by atoms with Gasteiger partial charge in [0.15, 0.2) is 0 Å². The maximum absolute atomic E-state index is 5.87. The molecule has 4 heteroatoms. The van der Waals surface area contributed by atoms with Gasteiger partial charge in [-0.15, -0.1) is 0 Å². The molecule has 2 N–H and O–H groups in total. The Bertz CT molecular complexity index is 219. The molecule has 2 aliphatic heterocycles. The predicted molar refractivity (Wildman–Crippen MR) is 68.0 cm³/mol. The highest BCUT2D eigenvalue weighted by atomic mass is 16.5. The van der Waals surface area contributed by atoms with E-state index in [2.05, 4.69) is 4.90 Å². The fraction of sp³-hybridized carbons (Fsp3) is 1.00. The normalized spacial score (nSPS) is 35.3. The van der Waals surface area contributed by atoms with Crippen LogP contribution in [0.2, 0.25) is 0 Å². The number of nitrogens with zero attached hydrogens (tertiary/aromatic N) is 1. The monoisotopic (exact) mass is 242 g/mol. The second kappa shape index (κ2) is 6.69. The summed E-state index contributed by atoms with van der Waals surface area (Å²) in [5.74, 6) is 0. The first-order valence-corrected chi connectivity index (χ1v) is 6.92. The van der Waals surface area contributed by atoms with Gasteiger partial charge in [-0.3, -0.25) is 4.90 Å². The summed E-state index contributed by atoms with van der Waals surface area (Å²) in [5.41, 5.74) is 5.87. The lowest BCUT2D eigenvalue weighted by atomic mass is 9.98. The van der Waals surface area contributed by atoms with Crippen LogP contribution in [-0.4, -0.2) is 56.5 Å². The molecule has 2 fully saturated rings. The Morgan fingerprint density at radius 1 is 1.41 bits per heavy atom. The van der Waals surface area contributed by atoms with E-state index in [1.807, 2.05) is 0 Å². The Morgan fingerprint density at radius 2 is 2.29 bits per heavy atom. The summed E-state index contributed by atoms with van der Waals surface area (Å²) in [6.07, 6.45) is 6.75. The van der Waals surface area contributed by atoms with Crippen molar-refractivity contribution < 1.29 is 9.47 Å². The van der Waals surface area contributed by atoms with Gasteiger partial charge in [-0.05, 0) is 32.1 Å². The smallest absolute Gasteiger partial charge is 0.0599 e. The van der Waals surface area contributed by atoms with Crippen molar-refractivity contribution in [2.75, 3.05) is 33.4 Å². The zero-order chi connectivity index (χ0) is 12.1. The Morgan fingerprint density at radius 3 is 2.94 bits per heavy atom. The van der Waals surface area contributed by atoms with E-state index in [4.69, 9.17) is 15.2 Å². The van der Waals surface area contributed by atoms with E-state index < -0.39 is 0 Å². The number of hydrogen-bond acceptors (Lipinski definition) is 4. The molecule has 0 saturated carbocycles. The fourth-order valence-electron chi connectivity index (χ4n) is 3.00. The molecular weight excluding hydrogens is 216 g/mol. The lowest BCUT2D eigenvalue weighted by Gasteiger charge is -2.38. The number of methoxy groups -OCH3 is 1. The minimum atomic E-state index is 0.405. The summed E-state index contributed by atoms with van der Waals surface area (Å²) in [6.45, 7) is 3.94. The average Bonchev–Trinajstić information content (AvgIpc) is 2.89. The SMILES string of the molecule is COC1CCN(CCC2CCCO2)C(CN)C1. The summed E-state index contributed by atoms with van der Waals surface area (Å²) >= 11 is 0. The molecule has 2 aliphatic rings. The highest BCUT2D eigenvalue weighted by Gasteiger charge is 2.28. The van der Waals surface area contributed by atoms with Crippen LogP contribution in [0.15, 0.2) is 0 Å². The standard InChI is InChI=1S/C13H26N2O2/c1-16-13-5-7-15(11(9-13)10-14)6-4-12-3-2-8-17-12/h11-13H,2-10,14H2,1H3. The van der Waals surface area contributed by atoms with Crippen molar-refractivity contribution in [3.63, 3.8) is 0 Å². The summed E-state index contributed by atoms with van der Waals surface area (Å²) in [6, 6.07) is 0.495. The number of rotatable bonds is 5. The third kappa shape index (κ3) is 3.65. The van der Waals surface area contributed by atoms with E-state index in [1.165, 1.54) is 12.8 Å². The van der Waals surface area contributed by atoms with Gasteiger partial charge in [-0.2, -0.15) is 0 Å². The number of hydrogen-bond donors (Lipinski definition) is 1. The quantitative estimate of drug-likeness (QED) is 0.781. The van der Waals surface area contributed by atoms with E-state index in [9.17, 15) is 0 Å². The summed E-state index contributed by atoms with van der Waals surface area (Å²) < 4.78 is 11.1. The first kappa shape index (κ1) is 13.3. The molecule has 3 unspecified atom stereocenters. The molecule has 2 saturated heterocycles. The van der Waals surface area contributed by atoms with Crippen LogP contribution < -0.4 is 5.73 Å². The van der Waals surface area contributed by atoms with E-state index in [-0.39, 0.29) is 0 Å². The molecule has 0 radical (unpaired) electrons. The van der Waals surface area contributed by atoms with Crippen molar-refractivity contribution in [3.8, 4) is 0 Å². The molecule has 3 atom stereocenters. The van der Waals surface area contributed by atoms with Crippen LogP contribution in [-0.2, 0) is 9.47 Å². The minimum absolute atomic E-state index is 0.405. The summed E-state index contributed by atoms with van der Waals surface area (Å²) in [5, 5.41) is 0.